The van der Waals surface area contributed by atoms with Crippen molar-refractivity contribution in [1.29, 1.82) is 0 Å². The number of amides is 3. The van der Waals surface area contributed by atoms with E-state index in [4.69, 9.17) is 14.2 Å². The summed E-state index contributed by atoms with van der Waals surface area (Å²) >= 11 is 0. The van der Waals surface area contributed by atoms with Gasteiger partial charge < -0.3 is 35.3 Å². The molecule has 0 unspecified atom stereocenters. The molecule has 0 radical (unpaired) electrons. The van der Waals surface area contributed by atoms with Gasteiger partial charge in [-0.1, -0.05) is 46.2 Å². The van der Waals surface area contributed by atoms with Crippen molar-refractivity contribution in [3.05, 3.63) is 29.8 Å². The molecule has 0 aliphatic carbocycles. The van der Waals surface area contributed by atoms with E-state index in [0.29, 0.717) is 50.5 Å². The lowest BCUT2D eigenvalue weighted by molar-refractivity contribution is -0.125. The van der Waals surface area contributed by atoms with Gasteiger partial charge in [0.2, 0.25) is 5.91 Å². The van der Waals surface area contributed by atoms with Gasteiger partial charge in [-0.15, -0.1) is 0 Å². The first kappa shape index (κ1) is 37.2. The Kier molecular flexibility index (Phi) is 17.1. The van der Waals surface area contributed by atoms with E-state index in [1.165, 1.54) is 0 Å². The van der Waals surface area contributed by atoms with Gasteiger partial charge in [-0.05, 0) is 64.0 Å². The van der Waals surface area contributed by atoms with E-state index in [-0.39, 0.29) is 30.1 Å². The summed E-state index contributed by atoms with van der Waals surface area (Å²) in [6, 6.07) is 6.39. The molecule has 3 amide bonds. The lowest BCUT2D eigenvalue weighted by Gasteiger charge is -2.32. The third kappa shape index (κ3) is 14.9. The first-order chi connectivity index (χ1) is 19.8. The number of unbranched alkanes of at least 4 members (excludes halogenated alkanes) is 1. The van der Waals surface area contributed by atoms with Crippen LogP contribution in [-0.4, -0.2) is 74.2 Å². The van der Waals surface area contributed by atoms with Gasteiger partial charge in [-0.25, -0.2) is 4.79 Å². The van der Waals surface area contributed by atoms with Crippen LogP contribution in [0.15, 0.2) is 24.3 Å². The highest BCUT2D eigenvalue weighted by molar-refractivity contribution is 5.96. The van der Waals surface area contributed by atoms with Crippen molar-refractivity contribution in [3.63, 3.8) is 0 Å². The van der Waals surface area contributed by atoms with Crippen molar-refractivity contribution in [3.8, 4) is 5.75 Å². The van der Waals surface area contributed by atoms with E-state index in [9.17, 15) is 19.5 Å². The number of aliphatic hydroxyl groups is 1. The number of aliphatic hydroxyl groups excluding tert-OH is 1. The van der Waals surface area contributed by atoms with Crippen LogP contribution in [0.5, 0.6) is 5.75 Å². The zero-order chi connectivity index (χ0) is 31.7. The Labute approximate surface area is 252 Å². The van der Waals surface area contributed by atoms with Crippen molar-refractivity contribution >= 4 is 17.9 Å². The largest absolute Gasteiger partial charge is 0.493 e. The molecule has 4 atom stereocenters. The summed E-state index contributed by atoms with van der Waals surface area (Å²) in [4.78, 5) is 38.4. The Morgan fingerprint density at radius 1 is 0.976 bits per heavy atom. The van der Waals surface area contributed by atoms with E-state index in [0.717, 1.165) is 12.8 Å². The summed E-state index contributed by atoms with van der Waals surface area (Å²) in [7, 11) is 1.63. The standard InChI is InChI=1S/C32H55N3O7/c1-9-10-16-33-29(37)23(4)19-27(36)26(35-31(39)42-32(5,6)7)20-24(22(2)3)21-34-30(38)25-14-11-12-15-28(25)41-18-13-17-40-8/h11-12,14-15,22-24,26-27,36H,9-10,13,16-21H2,1-8H3,(H,33,37)(H,34,38)(H,35,39)/t23-,24+,26+,27+/m1/s1. The fourth-order valence-corrected chi connectivity index (χ4v) is 4.37. The third-order valence-electron chi connectivity index (χ3n) is 6.95. The summed E-state index contributed by atoms with van der Waals surface area (Å²) in [5.74, 6) is -0.315. The van der Waals surface area contributed by atoms with Crippen LogP contribution in [-0.2, 0) is 14.3 Å². The van der Waals surface area contributed by atoms with Gasteiger partial charge in [0, 0.05) is 39.1 Å². The van der Waals surface area contributed by atoms with Crippen LogP contribution < -0.4 is 20.7 Å². The topological polar surface area (TPSA) is 135 Å². The third-order valence-corrected chi connectivity index (χ3v) is 6.95. The average molecular weight is 594 g/mol. The molecule has 10 heteroatoms. The quantitative estimate of drug-likeness (QED) is 0.171. The number of carbonyl (C=O) groups excluding carboxylic acids is 3. The Balaban J connectivity index is 2.98. The van der Waals surface area contributed by atoms with E-state index in [2.05, 4.69) is 22.9 Å². The van der Waals surface area contributed by atoms with Crippen LogP contribution >= 0.6 is 0 Å². The second-order valence-electron chi connectivity index (χ2n) is 12.2. The van der Waals surface area contributed by atoms with Crippen molar-refractivity contribution in [2.75, 3.05) is 33.4 Å². The first-order valence-electron chi connectivity index (χ1n) is 15.2. The van der Waals surface area contributed by atoms with Gasteiger partial charge in [0.05, 0.1) is 24.3 Å². The molecule has 4 N–H and O–H groups in total. The molecule has 0 saturated heterocycles. The number of carbonyl (C=O) groups is 3. The lowest BCUT2D eigenvalue weighted by Crippen LogP contribution is -2.49. The molecule has 240 valence electrons. The number of hydrogen-bond acceptors (Lipinski definition) is 7. The minimum Gasteiger partial charge on any atom is -0.493 e. The lowest BCUT2D eigenvalue weighted by atomic mass is 9.85. The second kappa shape index (κ2) is 19.4. The smallest absolute Gasteiger partial charge is 0.407 e. The molecule has 0 aromatic heterocycles. The Bertz CT molecular complexity index is 948. The minimum atomic E-state index is -0.998. The van der Waals surface area contributed by atoms with Gasteiger partial charge in [0.1, 0.15) is 11.4 Å². The molecule has 42 heavy (non-hydrogen) atoms. The second-order valence-corrected chi connectivity index (χ2v) is 12.2. The first-order valence-corrected chi connectivity index (χ1v) is 15.2. The maximum absolute atomic E-state index is 13.2. The number of nitrogens with one attached hydrogen (secondary N) is 3. The Hall–Kier alpha value is -2.85. The van der Waals surface area contributed by atoms with Crippen LogP contribution in [0.1, 0.15) is 90.9 Å². The van der Waals surface area contributed by atoms with E-state index in [1.54, 1.807) is 53.0 Å². The number of para-hydroxylation sites is 1. The van der Waals surface area contributed by atoms with Gasteiger partial charge in [0.25, 0.3) is 5.91 Å². The maximum Gasteiger partial charge on any atom is 0.407 e. The van der Waals surface area contributed by atoms with E-state index < -0.39 is 29.8 Å². The number of ether oxygens (including phenoxy) is 3. The van der Waals surface area contributed by atoms with Crippen LogP contribution in [0.4, 0.5) is 4.79 Å². The molecule has 0 spiro atoms. The number of rotatable bonds is 19. The Morgan fingerprint density at radius 2 is 1.67 bits per heavy atom. The highest BCUT2D eigenvalue weighted by atomic mass is 16.6. The number of alkyl carbamates (subject to hydrolysis) is 1. The fraction of sp³-hybridized carbons (Fsp3) is 0.719. The molecule has 0 fully saturated rings. The van der Waals surface area contributed by atoms with E-state index in [1.807, 2.05) is 19.9 Å². The zero-order valence-corrected chi connectivity index (χ0v) is 27.0. The van der Waals surface area contributed by atoms with Crippen LogP contribution in [0, 0.1) is 17.8 Å². The molecular formula is C32H55N3O7. The SMILES string of the molecule is CCCCNC(=O)[C@H](C)C[C@H](O)[C@H](C[C@@H](CNC(=O)c1ccccc1OCCCOC)C(C)C)NC(=O)OC(C)(C)C. The van der Waals surface area contributed by atoms with Crippen molar-refractivity contribution in [2.45, 2.75) is 98.3 Å². The Morgan fingerprint density at radius 3 is 2.29 bits per heavy atom. The normalized spacial score (nSPS) is 14.4. The molecule has 10 nitrogen and oxygen atoms in total. The molecule has 1 aromatic rings. The molecule has 0 bridgehead atoms. The van der Waals surface area contributed by atoms with Crippen molar-refractivity contribution < 1.29 is 33.7 Å². The van der Waals surface area contributed by atoms with Gasteiger partial charge in [-0.3, -0.25) is 9.59 Å². The van der Waals surface area contributed by atoms with Crippen LogP contribution in [0.3, 0.4) is 0 Å². The van der Waals surface area contributed by atoms with E-state index >= 15 is 0 Å². The van der Waals surface area contributed by atoms with Crippen molar-refractivity contribution in [1.82, 2.24) is 16.0 Å². The monoisotopic (exact) mass is 593 g/mol. The van der Waals surface area contributed by atoms with Gasteiger partial charge >= 0.3 is 6.09 Å². The highest BCUT2D eigenvalue weighted by Crippen LogP contribution is 2.23. The summed E-state index contributed by atoms with van der Waals surface area (Å²) in [6.07, 6.45) is 1.46. The number of hydrogen-bond donors (Lipinski definition) is 4. The van der Waals surface area contributed by atoms with Crippen LogP contribution in [0.2, 0.25) is 0 Å². The maximum atomic E-state index is 13.2. The molecule has 0 saturated carbocycles. The predicted molar refractivity (Wildman–Crippen MR) is 165 cm³/mol. The average Bonchev–Trinajstić information content (AvgIpc) is 2.91. The highest BCUT2D eigenvalue weighted by Gasteiger charge is 2.31. The minimum absolute atomic E-state index is 0.0907. The molecule has 1 rings (SSSR count). The van der Waals surface area contributed by atoms with Crippen LogP contribution in [0.25, 0.3) is 0 Å². The molecule has 0 heterocycles. The number of methoxy groups -OCH3 is 1. The summed E-state index contributed by atoms with van der Waals surface area (Å²) < 4.78 is 16.3. The zero-order valence-electron chi connectivity index (χ0n) is 27.0. The summed E-state index contributed by atoms with van der Waals surface area (Å²) in [5, 5.41) is 20.0. The molecule has 0 aliphatic heterocycles. The summed E-state index contributed by atoms with van der Waals surface area (Å²) in [6.45, 7) is 15.1. The molecular weight excluding hydrogens is 538 g/mol. The number of benzene rings is 1. The molecule has 1 aromatic carbocycles. The fourth-order valence-electron chi connectivity index (χ4n) is 4.37. The summed E-state index contributed by atoms with van der Waals surface area (Å²) in [5.41, 5.74) is -0.278. The van der Waals surface area contributed by atoms with Crippen molar-refractivity contribution in [2.24, 2.45) is 17.8 Å². The van der Waals surface area contributed by atoms with Gasteiger partial charge in [0.15, 0.2) is 0 Å². The predicted octanol–water partition coefficient (Wildman–Crippen LogP) is 4.69. The van der Waals surface area contributed by atoms with Gasteiger partial charge in [-0.2, -0.15) is 0 Å². The molecule has 0 aliphatic rings.